The molecule has 0 unspecified atom stereocenters. The molecule has 1 aromatic carbocycles. The van der Waals surface area contributed by atoms with Crippen LogP contribution in [-0.4, -0.2) is 16.2 Å². The number of ether oxygens (including phenoxy) is 1. The van der Waals surface area contributed by atoms with Gasteiger partial charge in [-0.05, 0) is 40.3 Å². The second-order valence-corrected chi connectivity index (χ2v) is 6.40. The molecule has 0 amide bonds. The van der Waals surface area contributed by atoms with Gasteiger partial charge in [-0.25, -0.2) is 4.98 Å². The number of hydrogen-bond donors (Lipinski definition) is 0. The maximum absolute atomic E-state index is 12.0. The Balaban J connectivity index is 2.05. The van der Waals surface area contributed by atoms with Gasteiger partial charge >= 0.3 is 0 Å². The predicted octanol–water partition coefficient (Wildman–Crippen LogP) is 2.59. The van der Waals surface area contributed by atoms with E-state index in [-0.39, 0.29) is 5.56 Å². The fourth-order valence-corrected chi connectivity index (χ4v) is 3.21. The minimum absolute atomic E-state index is 0.0256. The number of benzene rings is 1. The molecule has 4 nitrogen and oxygen atoms in total. The molecule has 98 valence electrons. The highest BCUT2D eigenvalue weighted by Crippen LogP contribution is 2.33. The van der Waals surface area contributed by atoms with E-state index in [1.165, 1.54) is 5.56 Å². The maximum atomic E-state index is 12.0. The smallest absolute Gasteiger partial charge is 0.267 e. The minimum atomic E-state index is -0.0256. The van der Waals surface area contributed by atoms with Crippen LogP contribution in [0.3, 0.4) is 0 Å². The first-order chi connectivity index (χ1) is 9.15. The molecular formula is C13H10BrIN2O2. The third-order valence-electron chi connectivity index (χ3n) is 3.03. The number of hydrogen-bond acceptors (Lipinski definition) is 3. The van der Waals surface area contributed by atoms with E-state index < -0.39 is 0 Å². The number of fused-ring (bicyclic) bond motifs is 1. The molecule has 1 aromatic heterocycles. The Bertz CT molecular complexity index is 700. The highest BCUT2D eigenvalue weighted by Gasteiger charge is 2.18. The summed E-state index contributed by atoms with van der Waals surface area (Å²) >= 11 is 5.50. The van der Waals surface area contributed by atoms with Crippen LogP contribution in [0.15, 0.2) is 33.9 Å². The van der Waals surface area contributed by atoms with Crippen molar-refractivity contribution in [3.63, 3.8) is 0 Å². The first-order valence-corrected chi connectivity index (χ1v) is 7.66. The molecule has 1 aliphatic rings. The van der Waals surface area contributed by atoms with E-state index >= 15 is 0 Å². The molecule has 0 atom stereocenters. The van der Waals surface area contributed by atoms with E-state index in [1.807, 2.05) is 28.7 Å². The molecule has 0 fully saturated rings. The van der Waals surface area contributed by atoms with Gasteiger partial charge in [0.1, 0.15) is 5.75 Å². The van der Waals surface area contributed by atoms with Crippen LogP contribution in [0, 0.1) is 3.57 Å². The van der Waals surface area contributed by atoms with Crippen LogP contribution in [0.1, 0.15) is 11.1 Å². The van der Waals surface area contributed by atoms with Crippen molar-refractivity contribution < 1.29 is 4.74 Å². The predicted molar refractivity (Wildman–Crippen MR) is 83.7 cm³/mol. The molecule has 1 aliphatic heterocycles. The highest BCUT2D eigenvalue weighted by molar-refractivity contribution is 14.1. The first kappa shape index (κ1) is 13.1. The number of nitrogens with zero attached hydrogens (tertiary/aromatic N) is 2. The van der Waals surface area contributed by atoms with Gasteiger partial charge in [0.05, 0.1) is 23.0 Å². The summed E-state index contributed by atoms with van der Waals surface area (Å²) < 4.78 is 8.90. The fraction of sp³-hybridized carbons (Fsp3) is 0.231. The quantitative estimate of drug-likeness (QED) is 0.685. The van der Waals surface area contributed by atoms with E-state index in [0.717, 1.165) is 22.2 Å². The zero-order chi connectivity index (χ0) is 13.4. The Kier molecular flexibility index (Phi) is 3.62. The molecule has 0 saturated carbocycles. The molecule has 2 aromatic rings. The third kappa shape index (κ3) is 2.55. The van der Waals surface area contributed by atoms with Gasteiger partial charge in [0.25, 0.3) is 5.56 Å². The van der Waals surface area contributed by atoms with Crippen molar-refractivity contribution in [1.29, 1.82) is 0 Å². The van der Waals surface area contributed by atoms with Crippen LogP contribution in [0.5, 0.6) is 5.75 Å². The molecular weight excluding hydrogens is 423 g/mol. The van der Waals surface area contributed by atoms with Gasteiger partial charge in [0.2, 0.25) is 0 Å². The molecule has 2 heterocycles. The van der Waals surface area contributed by atoms with Gasteiger partial charge < -0.3 is 4.74 Å². The van der Waals surface area contributed by atoms with Crippen molar-refractivity contribution in [1.82, 2.24) is 9.55 Å². The first-order valence-electron chi connectivity index (χ1n) is 5.79. The molecule has 0 aliphatic carbocycles. The van der Waals surface area contributed by atoms with Gasteiger partial charge in [-0.2, -0.15) is 0 Å². The van der Waals surface area contributed by atoms with Crippen LogP contribution in [0.4, 0.5) is 0 Å². The topological polar surface area (TPSA) is 44.1 Å². The summed E-state index contributed by atoms with van der Waals surface area (Å²) in [6.45, 7) is 1.18. The Hall–Kier alpha value is -0.890. The maximum Gasteiger partial charge on any atom is 0.267 e. The van der Waals surface area contributed by atoms with Crippen LogP contribution >= 0.6 is 38.5 Å². The van der Waals surface area contributed by atoms with Crippen molar-refractivity contribution in [2.75, 3.05) is 6.61 Å². The molecule has 0 N–H and O–H groups in total. The highest BCUT2D eigenvalue weighted by atomic mass is 127. The standard InChI is InChI=1S/C13H10BrIN2O2/c14-10-3-8-1-2-19-12(8)9(4-10)6-17-7-16-5-11(15)13(17)18/h3-5,7H,1-2,6H2. The Morgan fingerprint density at radius 1 is 1.47 bits per heavy atom. The summed E-state index contributed by atoms with van der Waals surface area (Å²) in [5, 5.41) is 0. The molecule has 0 saturated heterocycles. The summed E-state index contributed by atoms with van der Waals surface area (Å²) in [6.07, 6.45) is 4.05. The van der Waals surface area contributed by atoms with Crippen LogP contribution in [0.2, 0.25) is 0 Å². The van der Waals surface area contributed by atoms with Crippen molar-refractivity contribution >= 4 is 38.5 Å². The van der Waals surface area contributed by atoms with Gasteiger partial charge in [-0.1, -0.05) is 15.9 Å². The third-order valence-corrected chi connectivity index (χ3v) is 4.22. The lowest BCUT2D eigenvalue weighted by molar-refractivity contribution is 0.352. The summed E-state index contributed by atoms with van der Waals surface area (Å²) in [6, 6.07) is 4.07. The Morgan fingerprint density at radius 2 is 2.32 bits per heavy atom. The van der Waals surface area contributed by atoms with Gasteiger partial charge in [0, 0.05) is 22.7 Å². The van der Waals surface area contributed by atoms with Crippen molar-refractivity contribution in [3.05, 3.63) is 54.2 Å². The summed E-state index contributed by atoms with van der Waals surface area (Å²) in [5.74, 6) is 0.911. The second-order valence-electron chi connectivity index (χ2n) is 4.33. The van der Waals surface area contributed by atoms with Crippen LogP contribution in [0.25, 0.3) is 0 Å². The van der Waals surface area contributed by atoms with Crippen molar-refractivity contribution in [3.8, 4) is 5.75 Å². The van der Waals surface area contributed by atoms with E-state index in [1.54, 1.807) is 17.1 Å². The second kappa shape index (κ2) is 5.24. The summed E-state index contributed by atoms with van der Waals surface area (Å²) in [7, 11) is 0. The number of halogens is 2. The van der Waals surface area contributed by atoms with Crippen molar-refractivity contribution in [2.45, 2.75) is 13.0 Å². The summed E-state index contributed by atoms with van der Waals surface area (Å²) in [4.78, 5) is 16.1. The zero-order valence-electron chi connectivity index (χ0n) is 9.90. The molecule has 19 heavy (non-hydrogen) atoms. The van der Waals surface area contributed by atoms with Gasteiger partial charge in [-0.3, -0.25) is 9.36 Å². The lowest BCUT2D eigenvalue weighted by Crippen LogP contribution is -2.23. The van der Waals surface area contributed by atoms with E-state index in [0.29, 0.717) is 16.7 Å². The average molecular weight is 433 g/mol. The van der Waals surface area contributed by atoms with Crippen molar-refractivity contribution in [2.24, 2.45) is 0 Å². The van der Waals surface area contributed by atoms with Gasteiger partial charge in [0.15, 0.2) is 0 Å². The van der Waals surface area contributed by atoms with Crippen LogP contribution < -0.4 is 10.3 Å². The number of rotatable bonds is 2. The monoisotopic (exact) mass is 432 g/mol. The van der Waals surface area contributed by atoms with Gasteiger partial charge in [-0.15, -0.1) is 0 Å². The van der Waals surface area contributed by atoms with E-state index in [9.17, 15) is 4.79 Å². The van der Waals surface area contributed by atoms with Crippen LogP contribution in [-0.2, 0) is 13.0 Å². The Labute approximate surface area is 132 Å². The molecule has 0 bridgehead atoms. The zero-order valence-corrected chi connectivity index (χ0v) is 13.6. The normalized spacial score (nSPS) is 13.2. The van der Waals surface area contributed by atoms with E-state index in [4.69, 9.17) is 4.74 Å². The Morgan fingerprint density at radius 3 is 3.16 bits per heavy atom. The largest absolute Gasteiger partial charge is 0.493 e. The lowest BCUT2D eigenvalue weighted by Gasteiger charge is -2.10. The summed E-state index contributed by atoms with van der Waals surface area (Å²) in [5.41, 5.74) is 2.17. The minimum Gasteiger partial charge on any atom is -0.493 e. The fourth-order valence-electron chi connectivity index (χ4n) is 2.18. The molecule has 0 spiro atoms. The SMILES string of the molecule is O=c1c(I)cncn1Cc1cc(Br)cc2c1OCC2. The average Bonchev–Trinajstić information content (AvgIpc) is 2.83. The number of aromatic nitrogens is 2. The molecule has 3 rings (SSSR count). The molecule has 0 radical (unpaired) electrons. The lowest BCUT2D eigenvalue weighted by atomic mass is 10.1. The van der Waals surface area contributed by atoms with E-state index in [2.05, 4.69) is 27.0 Å². The molecule has 6 heteroatoms.